The molecule has 1 atom stereocenters. The van der Waals surface area contributed by atoms with Crippen LogP contribution >= 0.6 is 0 Å². The second kappa shape index (κ2) is 7.60. The Hall–Kier alpha value is -1.94. The first kappa shape index (κ1) is 14.5. The van der Waals surface area contributed by atoms with E-state index in [0.29, 0.717) is 0 Å². The maximum atomic E-state index is 5.61. The van der Waals surface area contributed by atoms with Gasteiger partial charge in [0.2, 0.25) is 0 Å². The van der Waals surface area contributed by atoms with Gasteiger partial charge in [0.25, 0.3) is 0 Å². The minimum absolute atomic E-state index is 0.135. The molecule has 0 amide bonds. The van der Waals surface area contributed by atoms with Gasteiger partial charge in [0, 0.05) is 6.20 Å². The van der Waals surface area contributed by atoms with Crippen LogP contribution in [0.4, 0.5) is 0 Å². The lowest BCUT2D eigenvalue weighted by atomic mass is 10.0. The summed E-state index contributed by atoms with van der Waals surface area (Å²) in [6.45, 7) is 5.84. The number of nitrogens with zero attached hydrogens (tertiary/aromatic N) is 2. The highest BCUT2D eigenvalue weighted by Crippen LogP contribution is 2.23. The molecule has 0 aliphatic carbocycles. The number of ether oxygens (including phenoxy) is 1. The van der Waals surface area contributed by atoms with Crippen molar-refractivity contribution in [3.8, 4) is 5.75 Å². The van der Waals surface area contributed by atoms with Gasteiger partial charge in [-0.05, 0) is 42.3 Å². The molecular formula is C16H21N3O. The number of hydrogen-bond acceptors (Lipinski definition) is 4. The number of aromatic nitrogens is 2. The van der Waals surface area contributed by atoms with E-state index in [4.69, 9.17) is 4.74 Å². The topological polar surface area (TPSA) is 47.0 Å². The van der Waals surface area contributed by atoms with Gasteiger partial charge in [0.15, 0.2) is 0 Å². The summed E-state index contributed by atoms with van der Waals surface area (Å²) in [6.07, 6.45) is 4.54. The minimum atomic E-state index is 0.135. The Morgan fingerprint density at radius 1 is 1.05 bits per heavy atom. The third-order valence-electron chi connectivity index (χ3n) is 3.03. The smallest absolute Gasteiger partial charge is 0.119 e. The molecule has 1 aromatic heterocycles. The lowest BCUT2D eigenvalue weighted by molar-refractivity contribution is 0.317. The first-order valence-electron chi connectivity index (χ1n) is 7.08. The van der Waals surface area contributed by atoms with Gasteiger partial charge >= 0.3 is 0 Å². The van der Waals surface area contributed by atoms with Crippen LogP contribution in [0, 0.1) is 0 Å². The molecule has 0 spiro atoms. The van der Waals surface area contributed by atoms with Crippen LogP contribution < -0.4 is 10.1 Å². The van der Waals surface area contributed by atoms with E-state index in [9.17, 15) is 0 Å². The molecule has 4 heteroatoms. The third-order valence-corrected chi connectivity index (χ3v) is 3.03. The fourth-order valence-corrected chi connectivity index (χ4v) is 2.08. The molecule has 0 radical (unpaired) electrons. The summed E-state index contributed by atoms with van der Waals surface area (Å²) in [5.41, 5.74) is 2.31. The van der Waals surface area contributed by atoms with Crippen molar-refractivity contribution in [3.05, 3.63) is 53.9 Å². The van der Waals surface area contributed by atoms with Gasteiger partial charge in [-0.25, -0.2) is 0 Å². The van der Waals surface area contributed by atoms with E-state index in [1.165, 1.54) is 5.56 Å². The van der Waals surface area contributed by atoms with Crippen LogP contribution in [-0.2, 0) is 0 Å². The molecule has 0 fully saturated rings. The highest BCUT2D eigenvalue weighted by atomic mass is 16.5. The average molecular weight is 271 g/mol. The van der Waals surface area contributed by atoms with Crippen LogP contribution in [0.3, 0.4) is 0 Å². The summed E-state index contributed by atoms with van der Waals surface area (Å²) in [5.74, 6) is 0.915. The van der Waals surface area contributed by atoms with Crippen LogP contribution in [0.2, 0.25) is 0 Å². The summed E-state index contributed by atoms with van der Waals surface area (Å²) in [5, 5.41) is 11.3. The summed E-state index contributed by atoms with van der Waals surface area (Å²) < 4.78 is 5.61. The number of benzene rings is 1. The van der Waals surface area contributed by atoms with Crippen molar-refractivity contribution in [2.45, 2.75) is 26.3 Å². The van der Waals surface area contributed by atoms with E-state index in [-0.39, 0.29) is 6.04 Å². The Labute approximate surface area is 120 Å². The summed E-state index contributed by atoms with van der Waals surface area (Å²) in [6, 6.07) is 10.4. The first-order valence-corrected chi connectivity index (χ1v) is 7.08. The van der Waals surface area contributed by atoms with Crippen LogP contribution in [0.15, 0.2) is 42.7 Å². The Bertz CT molecular complexity index is 499. The fourth-order valence-electron chi connectivity index (χ4n) is 2.08. The normalized spacial score (nSPS) is 12.1. The first-order chi connectivity index (χ1) is 9.85. The zero-order valence-electron chi connectivity index (χ0n) is 12.0. The molecule has 0 saturated carbocycles. The van der Waals surface area contributed by atoms with Crippen LogP contribution in [0.25, 0.3) is 0 Å². The van der Waals surface area contributed by atoms with E-state index >= 15 is 0 Å². The Kier molecular flexibility index (Phi) is 5.50. The predicted molar refractivity (Wildman–Crippen MR) is 79.8 cm³/mol. The van der Waals surface area contributed by atoms with Crippen molar-refractivity contribution in [1.82, 2.24) is 15.5 Å². The van der Waals surface area contributed by atoms with Crippen molar-refractivity contribution >= 4 is 0 Å². The second-order valence-corrected chi connectivity index (χ2v) is 4.58. The van der Waals surface area contributed by atoms with Gasteiger partial charge in [-0.3, -0.25) is 0 Å². The molecule has 0 saturated heterocycles. The Morgan fingerprint density at radius 2 is 1.85 bits per heavy atom. The molecule has 2 aromatic rings. The third kappa shape index (κ3) is 3.78. The Balaban J connectivity index is 2.17. The molecule has 4 nitrogen and oxygen atoms in total. The van der Waals surface area contributed by atoms with E-state index in [2.05, 4.69) is 41.5 Å². The molecule has 2 rings (SSSR count). The molecule has 0 aliphatic heterocycles. The van der Waals surface area contributed by atoms with Crippen LogP contribution in [0.5, 0.6) is 5.75 Å². The quantitative estimate of drug-likeness (QED) is 0.841. The summed E-state index contributed by atoms with van der Waals surface area (Å²) >= 11 is 0. The van der Waals surface area contributed by atoms with Crippen molar-refractivity contribution in [3.63, 3.8) is 0 Å². The van der Waals surface area contributed by atoms with Gasteiger partial charge in [-0.15, -0.1) is 0 Å². The zero-order valence-corrected chi connectivity index (χ0v) is 12.0. The van der Waals surface area contributed by atoms with Gasteiger partial charge in [0.05, 0.1) is 18.8 Å². The monoisotopic (exact) mass is 271 g/mol. The molecule has 1 N–H and O–H groups in total. The molecule has 1 aromatic carbocycles. The Morgan fingerprint density at radius 3 is 2.45 bits per heavy atom. The average Bonchev–Trinajstić information content (AvgIpc) is 2.52. The highest BCUT2D eigenvalue weighted by Gasteiger charge is 2.13. The molecule has 106 valence electrons. The van der Waals surface area contributed by atoms with Gasteiger partial charge in [-0.1, -0.05) is 26.0 Å². The largest absolute Gasteiger partial charge is 0.494 e. The van der Waals surface area contributed by atoms with Gasteiger partial charge < -0.3 is 10.1 Å². The van der Waals surface area contributed by atoms with E-state index < -0.39 is 0 Å². The summed E-state index contributed by atoms with van der Waals surface area (Å²) in [7, 11) is 0. The second-order valence-electron chi connectivity index (χ2n) is 4.58. The van der Waals surface area contributed by atoms with E-state index in [1.807, 2.05) is 18.2 Å². The van der Waals surface area contributed by atoms with E-state index in [0.717, 1.165) is 30.9 Å². The molecule has 1 heterocycles. The van der Waals surface area contributed by atoms with Crippen molar-refractivity contribution in [2.75, 3.05) is 13.2 Å². The minimum Gasteiger partial charge on any atom is -0.494 e. The predicted octanol–water partition coefficient (Wildman–Crippen LogP) is 2.96. The number of rotatable bonds is 7. The number of nitrogens with one attached hydrogen (secondary N) is 1. The van der Waals surface area contributed by atoms with Crippen LogP contribution in [-0.4, -0.2) is 23.3 Å². The molecule has 0 aliphatic rings. The molecule has 0 bridgehead atoms. The van der Waals surface area contributed by atoms with Crippen LogP contribution in [0.1, 0.15) is 37.4 Å². The fraction of sp³-hybridized carbons (Fsp3) is 0.375. The number of hydrogen-bond donors (Lipinski definition) is 1. The van der Waals surface area contributed by atoms with Crippen molar-refractivity contribution in [2.24, 2.45) is 0 Å². The highest BCUT2D eigenvalue weighted by molar-refractivity contribution is 5.34. The standard InChI is InChI=1S/C16H21N3O/c1-3-11-20-15-7-5-13(6-8-15)16(17-4-2)14-9-10-18-19-12-14/h5-10,12,16-17H,3-4,11H2,1-2H3. The molecule has 20 heavy (non-hydrogen) atoms. The van der Waals surface area contributed by atoms with E-state index in [1.54, 1.807) is 12.4 Å². The maximum Gasteiger partial charge on any atom is 0.119 e. The van der Waals surface area contributed by atoms with Gasteiger partial charge in [-0.2, -0.15) is 10.2 Å². The molecular weight excluding hydrogens is 250 g/mol. The zero-order chi connectivity index (χ0) is 14.2. The summed E-state index contributed by atoms with van der Waals surface area (Å²) in [4.78, 5) is 0. The van der Waals surface area contributed by atoms with Crippen molar-refractivity contribution in [1.29, 1.82) is 0 Å². The maximum absolute atomic E-state index is 5.61. The lowest BCUT2D eigenvalue weighted by Crippen LogP contribution is -2.22. The van der Waals surface area contributed by atoms with Crippen molar-refractivity contribution < 1.29 is 4.74 Å². The van der Waals surface area contributed by atoms with Gasteiger partial charge in [0.1, 0.15) is 5.75 Å². The molecule has 1 unspecified atom stereocenters. The lowest BCUT2D eigenvalue weighted by Gasteiger charge is -2.18. The SMILES string of the molecule is CCCOc1ccc(C(NCC)c2ccnnc2)cc1.